The van der Waals surface area contributed by atoms with Crippen LogP contribution >= 0.6 is 0 Å². The van der Waals surface area contributed by atoms with E-state index >= 15 is 0 Å². The van der Waals surface area contributed by atoms with Crippen LogP contribution in [0.15, 0.2) is 24.3 Å². The van der Waals surface area contributed by atoms with Crippen molar-refractivity contribution in [3.05, 3.63) is 24.3 Å². The second-order valence-corrected chi connectivity index (χ2v) is 9.60. The Morgan fingerprint density at radius 2 is 1.85 bits per heavy atom. The molecular formula is C19H32N4O3S. The third-order valence-corrected chi connectivity index (χ3v) is 6.73. The molecule has 1 aromatic rings. The summed E-state index contributed by atoms with van der Waals surface area (Å²) in [5.74, 6) is -0.259. The molecule has 1 amide bonds. The molecule has 0 radical (unpaired) electrons. The smallest absolute Gasteiger partial charge is 0.240 e. The summed E-state index contributed by atoms with van der Waals surface area (Å²) in [5.41, 5.74) is 7.54. The fourth-order valence-corrected chi connectivity index (χ4v) is 3.95. The summed E-state index contributed by atoms with van der Waals surface area (Å²) >= 11 is 0. The van der Waals surface area contributed by atoms with E-state index in [9.17, 15) is 13.2 Å². The molecule has 1 aliphatic heterocycles. The first-order valence-corrected chi connectivity index (χ1v) is 11.2. The molecule has 1 aliphatic rings. The topological polar surface area (TPSA) is 105 Å². The van der Waals surface area contributed by atoms with Crippen LogP contribution in [0.1, 0.15) is 46.0 Å². The number of sulfonamides is 1. The Balaban J connectivity index is 1.67. The minimum Gasteiger partial charge on any atom is -0.385 e. The lowest BCUT2D eigenvalue weighted by atomic mass is 10.2. The van der Waals surface area contributed by atoms with Crippen LogP contribution in [0.25, 0.3) is 0 Å². The molecule has 1 heterocycles. The van der Waals surface area contributed by atoms with E-state index in [1.165, 1.54) is 0 Å². The zero-order chi connectivity index (χ0) is 19.9. The number of amides is 1. The van der Waals surface area contributed by atoms with Gasteiger partial charge in [-0.1, -0.05) is 6.42 Å². The maximum atomic E-state index is 11.6. The molecule has 27 heavy (non-hydrogen) atoms. The van der Waals surface area contributed by atoms with Crippen LogP contribution in [-0.4, -0.2) is 45.3 Å². The highest BCUT2D eigenvalue weighted by Gasteiger charge is 2.28. The van der Waals surface area contributed by atoms with Gasteiger partial charge in [-0.3, -0.25) is 4.79 Å². The van der Waals surface area contributed by atoms with Crippen LogP contribution in [0.2, 0.25) is 0 Å². The molecule has 1 unspecified atom stereocenters. The lowest BCUT2D eigenvalue weighted by Crippen LogP contribution is -2.40. The van der Waals surface area contributed by atoms with E-state index in [0.29, 0.717) is 6.54 Å². The van der Waals surface area contributed by atoms with Crippen molar-refractivity contribution in [3.63, 3.8) is 0 Å². The average Bonchev–Trinajstić information content (AvgIpc) is 3.11. The van der Waals surface area contributed by atoms with Crippen molar-refractivity contribution in [3.8, 4) is 0 Å². The fraction of sp³-hybridized carbons (Fsp3) is 0.632. The van der Waals surface area contributed by atoms with E-state index in [2.05, 4.69) is 14.9 Å². The summed E-state index contributed by atoms with van der Waals surface area (Å²) in [6, 6.07) is 7.87. The van der Waals surface area contributed by atoms with Gasteiger partial charge in [0.2, 0.25) is 15.9 Å². The van der Waals surface area contributed by atoms with Crippen LogP contribution in [-0.2, 0) is 14.8 Å². The first kappa shape index (κ1) is 21.5. The van der Waals surface area contributed by atoms with Gasteiger partial charge in [-0.15, -0.1) is 0 Å². The van der Waals surface area contributed by atoms with Crippen LogP contribution in [0.5, 0.6) is 0 Å². The van der Waals surface area contributed by atoms with Gasteiger partial charge in [0, 0.05) is 31.0 Å². The van der Waals surface area contributed by atoms with E-state index in [0.717, 1.165) is 56.6 Å². The lowest BCUT2D eigenvalue weighted by molar-refractivity contribution is -0.119. The van der Waals surface area contributed by atoms with Gasteiger partial charge in [0.15, 0.2) is 0 Å². The van der Waals surface area contributed by atoms with E-state index in [1.54, 1.807) is 13.8 Å². The van der Waals surface area contributed by atoms with E-state index < -0.39 is 10.0 Å². The predicted molar refractivity (Wildman–Crippen MR) is 110 cm³/mol. The SMILES string of the molecule is CC(C)S(=O)(=O)NCCCCCNc1ccc(N2CCCC2C(N)=O)cc1. The number of anilines is 2. The molecule has 1 atom stereocenters. The number of benzene rings is 1. The van der Waals surface area contributed by atoms with Gasteiger partial charge in [-0.05, 0) is 63.8 Å². The number of nitrogens with two attached hydrogens (primary N) is 1. The zero-order valence-electron chi connectivity index (χ0n) is 16.3. The van der Waals surface area contributed by atoms with Crippen molar-refractivity contribution in [2.75, 3.05) is 29.9 Å². The number of carbonyl (C=O) groups is 1. The Labute approximate surface area is 162 Å². The number of primary amides is 1. The summed E-state index contributed by atoms with van der Waals surface area (Å²) in [6.07, 6.45) is 4.57. The Hall–Kier alpha value is -1.80. The molecule has 152 valence electrons. The normalized spacial score (nSPS) is 17.4. The largest absolute Gasteiger partial charge is 0.385 e. The van der Waals surface area contributed by atoms with Crippen molar-refractivity contribution < 1.29 is 13.2 Å². The Kier molecular flexibility index (Phi) is 7.91. The van der Waals surface area contributed by atoms with Gasteiger partial charge in [0.25, 0.3) is 0 Å². The van der Waals surface area contributed by atoms with E-state index in [4.69, 9.17) is 5.73 Å². The van der Waals surface area contributed by atoms with Gasteiger partial charge in [-0.2, -0.15) is 0 Å². The molecule has 0 aromatic heterocycles. The van der Waals surface area contributed by atoms with Crippen molar-refractivity contribution >= 4 is 27.3 Å². The molecule has 7 nitrogen and oxygen atoms in total. The summed E-state index contributed by atoms with van der Waals surface area (Å²) in [6.45, 7) is 5.54. The van der Waals surface area contributed by atoms with Gasteiger partial charge >= 0.3 is 0 Å². The van der Waals surface area contributed by atoms with Crippen LogP contribution in [0.4, 0.5) is 11.4 Å². The molecule has 4 N–H and O–H groups in total. The van der Waals surface area contributed by atoms with Gasteiger partial charge in [0.05, 0.1) is 5.25 Å². The molecule has 8 heteroatoms. The third-order valence-electron chi connectivity index (χ3n) is 4.89. The second kappa shape index (κ2) is 9.94. The standard InChI is InChI=1S/C19H32N4O3S/c1-15(2)27(25,26)22-13-5-3-4-12-21-16-8-10-17(11-9-16)23-14-6-7-18(23)19(20)24/h8-11,15,18,21-22H,3-7,12-14H2,1-2H3,(H2,20,24). The van der Waals surface area contributed by atoms with Crippen LogP contribution in [0, 0.1) is 0 Å². The minimum absolute atomic E-state index is 0.197. The number of hydrogen-bond donors (Lipinski definition) is 3. The molecule has 0 spiro atoms. The first-order valence-electron chi connectivity index (χ1n) is 9.69. The maximum absolute atomic E-state index is 11.6. The molecule has 2 rings (SSSR count). The highest BCUT2D eigenvalue weighted by atomic mass is 32.2. The maximum Gasteiger partial charge on any atom is 0.240 e. The molecule has 1 aromatic carbocycles. The average molecular weight is 397 g/mol. The summed E-state index contributed by atoms with van der Waals surface area (Å²) in [5, 5.41) is 2.98. The van der Waals surface area contributed by atoms with Crippen molar-refractivity contribution in [1.82, 2.24) is 4.72 Å². The molecule has 1 fully saturated rings. The number of rotatable bonds is 11. The lowest BCUT2D eigenvalue weighted by Gasteiger charge is -2.24. The van der Waals surface area contributed by atoms with Crippen molar-refractivity contribution in [1.29, 1.82) is 0 Å². The Morgan fingerprint density at radius 1 is 1.19 bits per heavy atom. The molecule has 0 saturated carbocycles. The van der Waals surface area contributed by atoms with Gasteiger partial charge in [-0.25, -0.2) is 13.1 Å². The highest BCUT2D eigenvalue weighted by Crippen LogP contribution is 2.26. The van der Waals surface area contributed by atoms with E-state index in [-0.39, 0.29) is 17.2 Å². The highest BCUT2D eigenvalue weighted by molar-refractivity contribution is 7.90. The monoisotopic (exact) mass is 396 g/mol. The number of carbonyl (C=O) groups excluding carboxylic acids is 1. The van der Waals surface area contributed by atoms with Crippen molar-refractivity contribution in [2.24, 2.45) is 5.73 Å². The molecule has 1 saturated heterocycles. The number of unbranched alkanes of at least 4 members (excludes halogenated alkanes) is 2. The number of nitrogens with one attached hydrogen (secondary N) is 2. The molecular weight excluding hydrogens is 364 g/mol. The third kappa shape index (κ3) is 6.39. The quantitative estimate of drug-likeness (QED) is 0.497. The van der Waals surface area contributed by atoms with Crippen molar-refractivity contribution in [2.45, 2.75) is 57.2 Å². The van der Waals surface area contributed by atoms with E-state index in [1.807, 2.05) is 24.3 Å². The van der Waals surface area contributed by atoms with Crippen LogP contribution < -0.4 is 20.7 Å². The second-order valence-electron chi connectivity index (χ2n) is 7.28. The first-order chi connectivity index (χ1) is 12.8. The summed E-state index contributed by atoms with van der Waals surface area (Å²) < 4.78 is 25.9. The molecule has 0 aliphatic carbocycles. The molecule has 0 bridgehead atoms. The van der Waals surface area contributed by atoms with Crippen LogP contribution in [0.3, 0.4) is 0 Å². The summed E-state index contributed by atoms with van der Waals surface area (Å²) in [7, 11) is -3.15. The Morgan fingerprint density at radius 3 is 2.48 bits per heavy atom. The predicted octanol–water partition coefficient (Wildman–Crippen LogP) is 2.05. The zero-order valence-corrected chi connectivity index (χ0v) is 17.1. The van der Waals surface area contributed by atoms with Gasteiger partial charge in [0.1, 0.15) is 6.04 Å². The Bertz CT molecular complexity index is 704. The summed E-state index contributed by atoms with van der Waals surface area (Å²) in [4.78, 5) is 13.6. The number of nitrogens with zero attached hydrogens (tertiary/aromatic N) is 1. The fourth-order valence-electron chi connectivity index (χ4n) is 3.18. The number of hydrogen-bond acceptors (Lipinski definition) is 5. The van der Waals surface area contributed by atoms with Gasteiger partial charge < -0.3 is 16.0 Å². The minimum atomic E-state index is -3.15.